The largest absolute Gasteiger partial charge is 0.409 e. The molecule has 100 valence electrons. The number of hydrogen-bond donors (Lipinski definition) is 2. The molecule has 0 saturated carbocycles. The first-order chi connectivity index (χ1) is 9.24. The molecule has 0 atom stereocenters. The van der Waals surface area contributed by atoms with Gasteiger partial charge in [-0.3, -0.25) is 0 Å². The predicted molar refractivity (Wildman–Crippen MR) is 75.6 cm³/mol. The zero-order chi connectivity index (χ0) is 13.7. The Morgan fingerprint density at radius 1 is 1.53 bits per heavy atom. The molecular formula is C12H15N5OS. The first-order valence-electron chi connectivity index (χ1n) is 5.83. The van der Waals surface area contributed by atoms with Crippen molar-refractivity contribution in [1.82, 2.24) is 9.97 Å². The quantitative estimate of drug-likeness (QED) is 0.375. The Labute approximate surface area is 115 Å². The van der Waals surface area contributed by atoms with Crippen molar-refractivity contribution in [2.24, 2.45) is 10.9 Å². The highest BCUT2D eigenvalue weighted by atomic mass is 32.1. The molecule has 19 heavy (non-hydrogen) atoms. The van der Waals surface area contributed by atoms with Crippen LogP contribution in [0.15, 0.2) is 34.9 Å². The van der Waals surface area contributed by atoms with E-state index >= 15 is 0 Å². The maximum absolute atomic E-state index is 8.67. The van der Waals surface area contributed by atoms with E-state index in [1.807, 2.05) is 23.3 Å². The monoisotopic (exact) mass is 277 g/mol. The van der Waals surface area contributed by atoms with Gasteiger partial charge in [0.2, 0.25) is 5.95 Å². The van der Waals surface area contributed by atoms with Gasteiger partial charge in [-0.05, 0) is 24.4 Å². The van der Waals surface area contributed by atoms with Crippen LogP contribution in [-0.2, 0) is 6.54 Å². The van der Waals surface area contributed by atoms with Gasteiger partial charge in [0.1, 0.15) is 5.69 Å². The van der Waals surface area contributed by atoms with Gasteiger partial charge in [0.05, 0.1) is 6.54 Å². The van der Waals surface area contributed by atoms with Gasteiger partial charge < -0.3 is 15.8 Å². The molecule has 0 aliphatic rings. The molecule has 0 fully saturated rings. The van der Waals surface area contributed by atoms with E-state index in [9.17, 15) is 0 Å². The highest BCUT2D eigenvalue weighted by molar-refractivity contribution is 7.09. The summed E-state index contributed by atoms with van der Waals surface area (Å²) in [6, 6.07) is 5.69. The van der Waals surface area contributed by atoms with Crippen LogP contribution in [0.5, 0.6) is 0 Å². The number of hydrogen-bond acceptors (Lipinski definition) is 6. The van der Waals surface area contributed by atoms with Gasteiger partial charge in [0.25, 0.3) is 0 Å². The molecule has 2 rings (SSSR count). The van der Waals surface area contributed by atoms with Gasteiger partial charge in [-0.15, -0.1) is 11.3 Å². The van der Waals surface area contributed by atoms with Crippen LogP contribution in [0, 0.1) is 0 Å². The Morgan fingerprint density at radius 3 is 3.00 bits per heavy atom. The van der Waals surface area contributed by atoms with Crippen molar-refractivity contribution in [2.45, 2.75) is 13.5 Å². The second-order valence-electron chi connectivity index (χ2n) is 3.82. The minimum absolute atomic E-state index is 0.0178. The molecular weight excluding hydrogens is 262 g/mol. The molecule has 2 heterocycles. The van der Waals surface area contributed by atoms with Crippen LogP contribution in [0.3, 0.4) is 0 Å². The molecule has 0 amide bonds. The lowest BCUT2D eigenvalue weighted by Gasteiger charge is -2.20. The normalized spacial score (nSPS) is 11.5. The lowest BCUT2D eigenvalue weighted by molar-refractivity contribution is 0.318. The second-order valence-corrected chi connectivity index (χ2v) is 4.85. The Kier molecular flexibility index (Phi) is 4.30. The zero-order valence-electron chi connectivity index (χ0n) is 10.5. The van der Waals surface area contributed by atoms with Gasteiger partial charge in [-0.2, -0.15) is 0 Å². The summed E-state index contributed by atoms with van der Waals surface area (Å²) in [5.74, 6) is 0.552. The highest BCUT2D eigenvalue weighted by Crippen LogP contribution is 2.15. The number of amidine groups is 1. The molecule has 0 radical (unpaired) electrons. The van der Waals surface area contributed by atoms with E-state index in [2.05, 4.69) is 21.2 Å². The van der Waals surface area contributed by atoms with Crippen LogP contribution >= 0.6 is 11.3 Å². The van der Waals surface area contributed by atoms with E-state index < -0.39 is 0 Å². The molecule has 0 aromatic carbocycles. The van der Waals surface area contributed by atoms with Crippen LogP contribution in [0.4, 0.5) is 5.95 Å². The predicted octanol–water partition coefficient (Wildman–Crippen LogP) is 1.66. The summed E-state index contributed by atoms with van der Waals surface area (Å²) in [5, 5.41) is 13.7. The lowest BCUT2D eigenvalue weighted by Crippen LogP contribution is -2.25. The smallest absolute Gasteiger partial charge is 0.226 e. The average molecular weight is 277 g/mol. The van der Waals surface area contributed by atoms with E-state index in [0.717, 1.165) is 13.1 Å². The first kappa shape index (κ1) is 13.3. The third-order valence-corrected chi connectivity index (χ3v) is 3.47. The van der Waals surface area contributed by atoms with Gasteiger partial charge in [-0.25, -0.2) is 9.97 Å². The summed E-state index contributed by atoms with van der Waals surface area (Å²) < 4.78 is 0. The van der Waals surface area contributed by atoms with Gasteiger partial charge in [-0.1, -0.05) is 11.2 Å². The third-order valence-electron chi connectivity index (χ3n) is 2.60. The molecule has 0 unspecified atom stereocenters. The number of oxime groups is 1. The summed E-state index contributed by atoms with van der Waals surface area (Å²) in [4.78, 5) is 11.8. The maximum atomic E-state index is 8.67. The number of rotatable bonds is 5. The first-order valence-corrected chi connectivity index (χ1v) is 6.70. The van der Waals surface area contributed by atoms with Crippen molar-refractivity contribution in [1.29, 1.82) is 0 Å². The Bertz CT molecular complexity index is 555. The summed E-state index contributed by atoms with van der Waals surface area (Å²) >= 11 is 1.69. The minimum Gasteiger partial charge on any atom is -0.409 e. The van der Waals surface area contributed by atoms with Crippen molar-refractivity contribution in [3.8, 4) is 0 Å². The minimum atomic E-state index is -0.0178. The molecule has 0 spiro atoms. The Balaban J connectivity index is 2.23. The number of nitrogens with two attached hydrogens (primary N) is 1. The SMILES string of the molecule is CCN(Cc1cccs1)c1nccc(/C(N)=N/O)n1. The fraction of sp³-hybridized carbons (Fsp3) is 0.250. The van der Waals surface area contributed by atoms with Gasteiger partial charge in [0.15, 0.2) is 5.84 Å². The Morgan fingerprint density at radius 2 is 2.37 bits per heavy atom. The van der Waals surface area contributed by atoms with Crippen molar-refractivity contribution < 1.29 is 5.21 Å². The van der Waals surface area contributed by atoms with Crippen LogP contribution in [0.1, 0.15) is 17.5 Å². The molecule has 0 bridgehead atoms. The van der Waals surface area contributed by atoms with Gasteiger partial charge in [0, 0.05) is 17.6 Å². The molecule has 7 heteroatoms. The molecule has 3 N–H and O–H groups in total. The second kappa shape index (κ2) is 6.14. The Hall–Kier alpha value is -2.15. The van der Waals surface area contributed by atoms with E-state index in [4.69, 9.17) is 10.9 Å². The van der Waals surface area contributed by atoms with E-state index in [1.54, 1.807) is 23.6 Å². The molecule has 2 aromatic rings. The van der Waals surface area contributed by atoms with Crippen LogP contribution in [-0.4, -0.2) is 27.6 Å². The number of thiophene rings is 1. The average Bonchev–Trinajstić information content (AvgIpc) is 2.97. The maximum Gasteiger partial charge on any atom is 0.226 e. The summed E-state index contributed by atoms with van der Waals surface area (Å²) in [5.41, 5.74) is 5.95. The van der Waals surface area contributed by atoms with E-state index in [0.29, 0.717) is 11.6 Å². The van der Waals surface area contributed by atoms with E-state index in [-0.39, 0.29) is 5.84 Å². The fourth-order valence-electron chi connectivity index (χ4n) is 1.61. The topological polar surface area (TPSA) is 87.6 Å². The van der Waals surface area contributed by atoms with Crippen LogP contribution in [0.2, 0.25) is 0 Å². The van der Waals surface area contributed by atoms with Crippen molar-refractivity contribution >= 4 is 23.1 Å². The molecule has 2 aromatic heterocycles. The van der Waals surface area contributed by atoms with Gasteiger partial charge >= 0.3 is 0 Å². The summed E-state index contributed by atoms with van der Waals surface area (Å²) in [7, 11) is 0. The third kappa shape index (κ3) is 3.19. The van der Waals surface area contributed by atoms with Crippen molar-refractivity contribution in [3.63, 3.8) is 0 Å². The van der Waals surface area contributed by atoms with Crippen LogP contribution in [0.25, 0.3) is 0 Å². The summed E-state index contributed by atoms with van der Waals surface area (Å²) in [6.45, 7) is 3.55. The number of nitrogens with zero attached hydrogens (tertiary/aromatic N) is 4. The zero-order valence-corrected chi connectivity index (χ0v) is 11.3. The molecule has 6 nitrogen and oxygen atoms in total. The van der Waals surface area contributed by atoms with Crippen LogP contribution < -0.4 is 10.6 Å². The number of aromatic nitrogens is 2. The highest BCUT2D eigenvalue weighted by Gasteiger charge is 2.11. The molecule has 0 aliphatic heterocycles. The fourth-order valence-corrected chi connectivity index (χ4v) is 2.33. The standard InChI is InChI=1S/C12H15N5OS/c1-2-17(8-9-4-3-7-19-9)12-14-6-5-10(15-12)11(13)16-18/h3-7,18H,2,8H2,1H3,(H2,13,16). The summed E-state index contributed by atoms with van der Waals surface area (Å²) in [6.07, 6.45) is 1.60. The molecule has 0 aliphatic carbocycles. The molecule has 0 saturated heterocycles. The van der Waals surface area contributed by atoms with E-state index in [1.165, 1.54) is 4.88 Å². The van der Waals surface area contributed by atoms with Crippen molar-refractivity contribution in [2.75, 3.05) is 11.4 Å². The lowest BCUT2D eigenvalue weighted by atomic mass is 10.4. The number of anilines is 1. The van der Waals surface area contributed by atoms with Crippen molar-refractivity contribution in [3.05, 3.63) is 40.3 Å².